The van der Waals surface area contributed by atoms with Crippen molar-refractivity contribution in [2.45, 2.75) is 6.92 Å². The zero-order valence-corrected chi connectivity index (χ0v) is 4.31. The van der Waals surface area contributed by atoms with Crippen LogP contribution >= 0.6 is 0 Å². The molecule has 0 aliphatic heterocycles. The second kappa shape index (κ2) is 1.78. The minimum atomic E-state index is 1.29. The first-order chi connectivity index (χ1) is 3.39. The van der Waals surface area contributed by atoms with Gasteiger partial charge in [0.25, 0.3) is 0 Å². The van der Waals surface area contributed by atoms with E-state index < -0.39 is 0 Å². The number of hydrogen-bond donors (Lipinski definition) is 0. The van der Waals surface area contributed by atoms with Crippen LogP contribution in [0.1, 0.15) is 5.56 Å². The highest BCUT2D eigenvalue weighted by atomic mass is 13.8. The van der Waals surface area contributed by atoms with Gasteiger partial charge >= 0.3 is 0 Å². The largest absolute Gasteiger partial charge is 0.0587 e. The number of rotatable bonds is 0. The van der Waals surface area contributed by atoms with Gasteiger partial charge in [-0.25, -0.2) is 0 Å². The topological polar surface area (TPSA) is 0 Å². The molecule has 0 aromatic heterocycles. The van der Waals surface area contributed by atoms with Crippen molar-refractivity contribution < 1.29 is 0 Å². The monoisotopic (exact) mass is 91.1 g/mol. The Hall–Kier alpha value is -0.780. The predicted octanol–water partition coefficient (Wildman–Crippen LogP) is 1.80. The van der Waals surface area contributed by atoms with E-state index >= 15 is 0 Å². The van der Waals surface area contributed by atoms with E-state index in [2.05, 4.69) is 13.0 Å². The normalized spacial score (nSPS) is 8.71. The molecular formula is C7H7. The Kier molecular flexibility index (Phi) is 1.12. The Morgan fingerprint density at radius 1 is 1.29 bits per heavy atom. The van der Waals surface area contributed by atoms with Crippen LogP contribution in [0.25, 0.3) is 0 Å². The van der Waals surface area contributed by atoms with E-state index in [9.17, 15) is 0 Å². The Morgan fingerprint density at radius 2 is 1.86 bits per heavy atom. The maximum atomic E-state index is 2.93. The fourth-order valence-electron chi connectivity index (χ4n) is 0.470. The molecule has 0 spiro atoms. The lowest BCUT2D eigenvalue weighted by atomic mass is 10.2. The van der Waals surface area contributed by atoms with Gasteiger partial charge in [-0.2, -0.15) is 0 Å². The first kappa shape index (κ1) is 4.38. The molecule has 1 aromatic carbocycles. The molecule has 0 aliphatic rings. The van der Waals surface area contributed by atoms with Crippen molar-refractivity contribution in [3.05, 3.63) is 35.9 Å². The van der Waals surface area contributed by atoms with Crippen molar-refractivity contribution in [1.82, 2.24) is 0 Å². The van der Waals surface area contributed by atoms with Crippen LogP contribution in [0.3, 0.4) is 0 Å². The van der Waals surface area contributed by atoms with Crippen LogP contribution in [0.2, 0.25) is 0 Å². The molecule has 0 atom stereocenters. The SMILES string of the molecule is Cc1cc[c]cc1. The van der Waals surface area contributed by atoms with Crippen LogP contribution in [0, 0.1) is 13.0 Å². The first-order valence-corrected chi connectivity index (χ1v) is 2.32. The first-order valence-electron chi connectivity index (χ1n) is 2.32. The Morgan fingerprint density at radius 3 is 2.14 bits per heavy atom. The molecule has 0 heteroatoms. The summed E-state index contributed by atoms with van der Waals surface area (Å²) in [5.41, 5.74) is 1.29. The van der Waals surface area contributed by atoms with Crippen LogP contribution in [-0.2, 0) is 0 Å². The zero-order chi connectivity index (χ0) is 5.11. The van der Waals surface area contributed by atoms with Gasteiger partial charge in [-0.15, -0.1) is 0 Å². The predicted molar refractivity (Wildman–Crippen MR) is 30.0 cm³/mol. The molecule has 0 aliphatic carbocycles. The smallest absolute Gasteiger partial charge is 0.0184 e. The number of aryl methyl sites for hydroxylation is 1. The van der Waals surface area contributed by atoms with E-state index in [-0.39, 0.29) is 0 Å². The van der Waals surface area contributed by atoms with E-state index in [1.54, 1.807) is 0 Å². The van der Waals surface area contributed by atoms with E-state index in [1.165, 1.54) is 5.56 Å². The summed E-state index contributed by atoms with van der Waals surface area (Å²) in [6.07, 6.45) is 0. The minimum absolute atomic E-state index is 1.29. The van der Waals surface area contributed by atoms with Gasteiger partial charge in [-0.05, 0) is 13.0 Å². The third-order valence-corrected chi connectivity index (χ3v) is 0.885. The third-order valence-electron chi connectivity index (χ3n) is 0.885. The van der Waals surface area contributed by atoms with Crippen LogP contribution in [0.15, 0.2) is 24.3 Å². The molecule has 0 amide bonds. The lowest BCUT2D eigenvalue weighted by Crippen LogP contribution is -1.63. The second-order valence-electron chi connectivity index (χ2n) is 1.58. The van der Waals surface area contributed by atoms with E-state index in [4.69, 9.17) is 0 Å². The molecule has 0 saturated carbocycles. The number of hydrogen-bond acceptors (Lipinski definition) is 0. The maximum Gasteiger partial charge on any atom is -0.0184 e. The highest BCUT2D eigenvalue weighted by molar-refractivity contribution is 5.10. The summed E-state index contributed by atoms with van der Waals surface area (Å²) in [4.78, 5) is 0. The standard InChI is InChI=1S/C7H7/c1-7-5-3-2-4-6-7/h3-6H,1H3. The van der Waals surface area contributed by atoms with Crippen molar-refractivity contribution in [3.63, 3.8) is 0 Å². The van der Waals surface area contributed by atoms with Crippen LogP contribution in [-0.4, -0.2) is 0 Å². The lowest BCUT2D eigenvalue weighted by Gasteiger charge is -1.82. The molecule has 0 unspecified atom stereocenters. The molecule has 35 valence electrons. The molecule has 0 fully saturated rings. The second-order valence-corrected chi connectivity index (χ2v) is 1.58. The fourth-order valence-corrected chi connectivity index (χ4v) is 0.470. The van der Waals surface area contributed by atoms with Gasteiger partial charge in [0, 0.05) is 0 Å². The summed E-state index contributed by atoms with van der Waals surface area (Å²) in [7, 11) is 0. The van der Waals surface area contributed by atoms with Gasteiger partial charge in [0.15, 0.2) is 0 Å². The Bertz CT molecular complexity index is 130. The van der Waals surface area contributed by atoms with Crippen molar-refractivity contribution in [2.75, 3.05) is 0 Å². The van der Waals surface area contributed by atoms with E-state index in [1.807, 2.05) is 24.3 Å². The molecule has 7 heavy (non-hydrogen) atoms. The summed E-state index contributed by atoms with van der Waals surface area (Å²) in [5.74, 6) is 0. The molecule has 1 rings (SSSR count). The highest BCUT2D eigenvalue weighted by Crippen LogP contribution is 1.91. The summed E-state index contributed by atoms with van der Waals surface area (Å²) < 4.78 is 0. The zero-order valence-electron chi connectivity index (χ0n) is 4.31. The van der Waals surface area contributed by atoms with Crippen molar-refractivity contribution in [1.29, 1.82) is 0 Å². The van der Waals surface area contributed by atoms with Crippen LogP contribution in [0.4, 0.5) is 0 Å². The fraction of sp³-hybridized carbons (Fsp3) is 0.143. The van der Waals surface area contributed by atoms with Crippen LogP contribution in [0.5, 0.6) is 0 Å². The molecule has 1 aromatic rings. The van der Waals surface area contributed by atoms with Gasteiger partial charge in [-0.1, -0.05) is 29.8 Å². The summed E-state index contributed by atoms with van der Waals surface area (Å²) in [6, 6.07) is 10.8. The van der Waals surface area contributed by atoms with Crippen LogP contribution < -0.4 is 0 Å². The summed E-state index contributed by atoms with van der Waals surface area (Å²) >= 11 is 0. The average Bonchev–Trinajstić information content (AvgIpc) is 1.69. The quantitative estimate of drug-likeness (QED) is 0.456. The summed E-state index contributed by atoms with van der Waals surface area (Å²) in [5, 5.41) is 0. The average molecular weight is 91.1 g/mol. The van der Waals surface area contributed by atoms with Crippen molar-refractivity contribution in [2.24, 2.45) is 0 Å². The lowest BCUT2D eigenvalue weighted by molar-refractivity contribution is 1.47. The van der Waals surface area contributed by atoms with E-state index in [0.717, 1.165) is 0 Å². The molecule has 0 bridgehead atoms. The van der Waals surface area contributed by atoms with Gasteiger partial charge in [0.05, 0.1) is 0 Å². The van der Waals surface area contributed by atoms with Gasteiger partial charge in [0.2, 0.25) is 0 Å². The van der Waals surface area contributed by atoms with Gasteiger partial charge in [0.1, 0.15) is 0 Å². The van der Waals surface area contributed by atoms with Gasteiger partial charge < -0.3 is 0 Å². The molecule has 0 saturated heterocycles. The molecular weight excluding hydrogens is 84.1 g/mol. The highest BCUT2D eigenvalue weighted by Gasteiger charge is 1.72. The van der Waals surface area contributed by atoms with Crippen molar-refractivity contribution >= 4 is 0 Å². The third kappa shape index (κ3) is 1.04. The maximum absolute atomic E-state index is 2.93. The summed E-state index contributed by atoms with van der Waals surface area (Å²) in [6.45, 7) is 2.06. The van der Waals surface area contributed by atoms with Crippen molar-refractivity contribution in [3.8, 4) is 0 Å². The van der Waals surface area contributed by atoms with Gasteiger partial charge in [-0.3, -0.25) is 0 Å². The molecule has 0 heterocycles. The van der Waals surface area contributed by atoms with E-state index in [0.29, 0.717) is 0 Å². The Labute approximate surface area is 43.8 Å². The molecule has 0 N–H and O–H groups in total. The number of benzene rings is 1. The molecule has 0 nitrogen and oxygen atoms in total. The Balaban J connectivity index is 3.02. The molecule has 1 radical (unpaired) electrons. The minimum Gasteiger partial charge on any atom is -0.0587 e.